The fraction of sp³-hybridized carbons (Fsp3) is 1.00. The monoisotopic (exact) mass is 311 g/mol. The van der Waals surface area contributed by atoms with Crippen LogP contribution in [0.4, 0.5) is 13.2 Å². The van der Waals surface area contributed by atoms with E-state index in [0.29, 0.717) is 17.8 Å². The molecule has 4 aliphatic rings. The van der Waals surface area contributed by atoms with Gasteiger partial charge in [-0.2, -0.15) is 13.2 Å². The summed E-state index contributed by atoms with van der Waals surface area (Å²) in [6.45, 7) is 1.61. The molecule has 4 aliphatic carbocycles. The molecule has 0 aromatic rings. The van der Waals surface area contributed by atoms with Crippen molar-refractivity contribution in [2.45, 2.75) is 57.0 Å². The second-order valence-electron chi connectivity index (χ2n) is 7.07. The van der Waals surface area contributed by atoms with Gasteiger partial charge in [-0.1, -0.05) is 0 Å². The average molecular weight is 311 g/mol. The zero-order valence-electron chi connectivity index (χ0n) is 11.4. The van der Waals surface area contributed by atoms with Crippen LogP contribution in [0.1, 0.15) is 45.4 Å². The summed E-state index contributed by atoms with van der Waals surface area (Å²) in [5, 5.41) is 0. The topological polar surface area (TPSA) is 46.2 Å². The molecule has 3 nitrogen and oxygen atoms in total. The summed E-state index contributed by atoms with van der Waals surface area (Å²) in [5.41, 5.74) is -5.48. The number of alkyl halides is 3. The second kappa shape index (κ2) is 4.35. The van der Waals surface area contributed by atoms with E-state index in [2.05, 4.69) is 0 Å². The Balaban J connectivity index is 1.79. The predicted octanol–water partition coefficient (Wildman–Crippen LogP) is 3.03. The van der Waals surface area contributed by atoms with Crippen molar-refractivity contribution in [3.8, 4) is 0 Å². The molecule has 4 rings (SSSR count). The number of hydrogen-bond donors (Lipinski definition) is 1. The Labute approximate surface area is 117 Å². The van der Waals surface area contributed by atoms with Crippen molar-refractivity contribution in [2.75, 3.05) is 0 Å². The second-order valence-corrected chi connectivity index (χ2v) is 8.77. The van der Waals surface area contributed by atoms with Crippen molar-refractivity contribution < 1.29 is 21.6 Å². The lowest BCUT2D eigenvalue weighted by Crippen LogP contribution is -2.57. The third-order valence-electron chi connectivity index (χ3n) is 5.64. The van der Waals surface area contributed by atoms with E-state index in [-0.39, 0.29) is 5.41 Å². The van der Waals surface area contributed by atoms with Gasteiger partial charge in [-0.15, -0.1) is 0 Å². The maximum absolute atomic E-state index is 12.5. The first-order valence-electron chi connectivity index (χ1n) is 7.20. The Morgan fingerprint density at radius 3 is 1.80 bits per heavy atom. The lowest BCUT2D eigenvalue weighted by atomic mass is 9.48. The Morgan fingerprint density at radius 2 is 1.45 bits per heavy atom. The van der Waals surface area contributed by atoms with Crippen LogP contribution in [0.3, 0.4) is 0 Å². The van der Waals surface area contributed by atoms with Gasteiger partial charge in [0, 0.05) is 6.04 Å². The van der Waals surface area contributed by atoms with Gasteiger partial charge >= 0.3 is 15.5 Å². The van der Waals surface area contributed by atoms with Crippen molar-refractivity contribution in [3.63, 3.8) is 0 Å². The van der Waals surface area contributed by atoms with Crippen LogP contribution in [0, 0.1) is 23.2 Å². The zero-order valence-corrected chi connectivity index (χ0v) is 12.2. The number of hydrogen-bond acceptors (Lipinski definition) is 2. The first kappa shape index (κ1) is 14.6. The quantitative estimate of drug-likeness (QED) is 0.871. The molecule has 0 aliphatic heterocycles. The Kier molecular flexibility index (Phi) is 3.18. The van der Waals surface area contributed by atoms with Crippen LogP contribution in [0.2, 0.25) is 0 Å². The van der Waals surface area contributed by atoms with Crippen LogP contribution in [-0.2, 0) is 10.0 Å². The number of rotatable bonds is 3. The molecule has 1 N–H and O–H groups in total. The third-order valence-corrected chi connectivity index (χ3v) is 6.91. The van der Waals surface area contributed by atoms with Gasteiger partial charge in [-0.25, -0.2) is 13.1 Å². The average Bonchev–Trinajstić information content (AvgIpc) is 2.24. The molecule has 20 heavy (non-hydrogen) atoms. The van der Waals surface area contributed by atoms with E-state index in [0.717, 1.165) is 19.3 Å². The summed E-state index contributed by atoms with van der Waals surface area (Å²) in [6.07, 6.45) is 6.16. The minimum absolute atomic E-state index is 0.257. The summed E-state index contributed by atoms with van der Waals surface area (Å²) in [6, 6.07) is -0.637. The van der Waals surface area contributed by atoms with E-state index in [4.69, 9.17) is 0 Å². The lowest BCUT2D eigenvalue weighted by Gasteiger charge is -2.59. The summed E-state index contributed by atoms with van der Waals surface area (Å²) in [5.74, 6) is 1.75. The highest BCUT2D eigenvalue weighted by Gasteiger charge is 2.55. The normalized spacial score (nSPS) is 41.9. The molecule has 0 radical (unpaired) electrons. The van der Waals surface area contributed by atoms with Gasteiger partial charge in [0.05, 0.1) is 0 Å². The fourth-order valence-corrected chi connectivity index (χ4v) is 5.98. The molecule has 0 heterocycles. The Hall–Kier alpha value is -0.300. The highest BCUT2D eigenvalue weighted by Crippen LogP contribution is 2.61. The predicted molar refractivity (Wildman–Crippen MR) is 68.2 cm³/mol. The van der Waals surface area contributed by atoms with Crippen molar-refractivity contribution in [3.05, 3.63) is 0 Å². The first-order chi connectivity index (χ1) is 9.11. The molecule has 0 aromatic heterocycles. The van der Waals surface area contributed by atoms with E-state index in [1.54, 1.807) is 6.92 Å². The van der Waals surface area contributed by atoms with E-state index < -0.39 is 21.6 Å². The molecule has 0 saturated heterocycles. The van der Waals surface area contributed by atoms with Crippen molar-refractivity contribution in [1.29, 1.82) is 0 Å². The molecule has 4 saturated carbocycles. The summed E-state index contributed by atoms with van der Waals surface area (Å²) in [7, 11) is -5.24. The molecule has 0 spiro atoms. The molecular formula is C13H20F3NO2S. The SMILES string of the molecule is CC(NS(=O)(=O)C(F)(F)F)C12CC3CC(CC(C3)C1)C2. The minimum Gasteiger partial charge on any atom is -0.204 e. The van der Waals surface area contributed by atoms with Crippen molar-refractivity contribution in [2.24, 2.45) is 23.2 Å². The summed E-state index contributed by atoms with van der Waals surface area (Å²) in [4.78, 5) is 0. The van der Waals surface area contributed by atoms with Gasteiger partial charge in [0.25, 0.3) is 0 Å². The van der Waals surface area contributed by atoms with Crippen LogP contribution in [0.15, 0.2) is 0 Å². The molecule has 4 bridgehead atoms. The fourth-order valence-electron chi connectivity index (χ4n) is 5.13. The molecule has 4 fully saturated rings. The minimum atomic E-state index is -5.24. The van der Waals surface area contributed by atoms with Crippen LogP contribution in [0.25, 0.3) is 0 Å². The number of sulfonamides is 1. The van der Waals surface area contributed by atoms with Crippen molar-refractivity contribution >= 4 is 10.0 Å². The van der Waals surface area contributed by atoms with Gasteiger partial charge in [0.15, 0.2) is 0 Å². The molecule has 116 valence electrons. The van der Waals surface area contributed by atoms with Gasteiger partial charge < -0.3 is 0 Å². The van der Waals surface area contributed by atoms with Crippen molar-refractivity contribution in [1.82, 2.24) is 4.72 Å². The number of nitrogens with one attached hydrogen (secondary N) is 1. The van der Waals surface area contributed by atoms with Gasteiger partial charge in [0.1, 0.15) is 0 Å². The standard InChI is InChI=1S/C13H20F3NO2S/c1-8(17-20(18,19)13(14,15)16)12-5-9-2-10(6-12)4-11(3-9)7-12/h8-11,17H,2-7H2,1H3. The lowest BCUT2D eigenvalue weighted by molar-refractivity contribution is -0.0700. The Morgan fingerprint density at radius 1 is 1.05 bits per heavy atom. The maximum atomic E-state index is 12.5. The molecular weight excluding hydrogens is 291 g/mol. The van der Waals surface area contributed by atoms with E-state index in [1.165, 1.54) is 19.3 Å². The van der Waals surface area contributed by atoms with Crippen LogP contribution in [0.5, 0.6) is 0 Å². The Bertz CT molecular complexity index is 465. The zero-order chi connectivity index (χ0) is 14.8. The highest BCUT2D eigenvalue weighted by atomic mass is 32.2. The van der Waals surface area contributed by atoms with E-state index >= 15 is 0 Å². The van der Waals surface area contributed by atoms with Crippen LogP contribution >= 0.6 is 0 Å². The largest absolute Gasteiger partial charge is 0.511 e. The van der Waals surface area contributed by atoms with E-state index in [1.807, 2.05) is 4.72 Å². The summed E-state index contributed by atoms with van der Waals surface area (Å²) >= 11 is 0. The van der Waals surface area contributed by atoms with Crippen LogP contribution in [-0.4, -0.2) is 20.0 Å². The van der Waals surface area contributed by atoms with Gasteiger partial charge in [0.2, 0.25) is 0 Å². The van der Waals surface area contributed by atoms with Gasteiger partial charge in [-0.05, 0) is 68.6 Å². The highest BCUT2D eigenvalue weighted by molar-refractivity contribution is 7.90. The molecule has 7 heteroatoms. The molecule has 0 amide bonds. The first-order valence-corrected chi connectivity index (χ1v) is 8.68. The summed E-state index contributed by atoms with van der Waals surface area (Å²) < 4.78 is 62.1. The van der Waals surface area contributed by atoms with Crippen LogP contribution < -0.4 is 4.72 Å². The smallest absolute Gasteiger partial charge is 0.204 e. The van der Waals surface area contributed by atoms with E-state index in [9.17, 15) is 21.6 Å². The van der Waals surface area contributed by atoms with Gasteiger partial charge in [-0.3, -0.25) is 0 Å². The maximum Gasteiger partial charge on any atom is 0.511 e. The number of halogens is 3. The molecule has 0 aromatic carbocycles. The molecule has 1 unspecified atom stereocenters. The third kappa shape index (κ3) is 2.26. The molecule has 1 atom stereocenters.